The molecule has 1 aliphatic carbocycles. The van der Waals surface area contributed by atoms with Crippen LogP contribution in [-0.4, -0.2) is 81.1 Å². The molecular weight excluding hydrogens is 522 g/mol. The fourth-order valence-corrected chi connectivity index (χ4v) is 5.34. The Morgan fingerprint density at radius 3 is 2.42 bits per heavy atom. The average Bonchev–Trinajstić information content (AvgIpc) is 2.87. The van der Waals surface area contributed by atoms with Gasteiger partial charge in [0.1, 0.15) is 18.0 Å². The standard InChI is InChI=1S/C25H32F2N4O6S/c1-4-21(20-7-5-16(15-28-20)36-18-13-17(14-18)35-3)37-22-8-6-19(23(26)24(22)27)25(32)29-38(33,34)31-11-9-30(2)10-12-31/h5-8,15,17-18,21H,4,9-14H2,1-3H3,(H,29,32)/t17?,18?,21-/m1/s1. The quantitative estimate of drug-likeness (QED) is 0.478. The second-order valence-electron chi connectivity index (χ2n) is 9.38. The maximum absolute atomic E-state index is 14.9. The van der Waals surface area contributed by atoms with Crippen molar-refractivity contribution in [1.29, 1.82) is 0 Å². The molecule has 1 N–H and O–H groups in total. The van der Waals surface area contributed by atoms with Gasteiger partial charge in [-0.25, -0.2) is 9.11 Å². The number of carbonyl (C=O) groups is 1. The van der Waals surface area contributed by atoms with Gasteiger partial charge in [-0.05, 0) is 37.7 Å². The molecule has 1 saturated carbocycles. The number of hydrogen-bond donors (Lipinski definition) is 1. The van der Waals surface area contributed by atoms with Crippen LogP contribution in [0.4, 0.5) is 8.78 Å². The molecule has 13 heteroatoms. The molecule has 1 aromatic carbocycles. The molecule has 1 aliphatic heterocycles. The largest absolute Gasteiger partial charge is 0.489 e. The van der Waals surface area contributed by atoms with Gasteiger partial charge in [0.05, 0.1) is 23.6 Å². The molecule has 1 saturated heterocycles. The predicted molar refractivity (Wildman–Crippen MR) is 134 cm³/mol. The second-order valence-corrected chi connectivity index (χ2v) is 11.1. The number of pyridine rings is 1. The summed E-state index contributed by atoms with van der Waals surface area (Å²) in [5.74, 6) is -4.00. The van der Waals surface area contributed by atoms with Crippen molar-refractivity contribution in [3.05, 3.63) is 53.4 Å². The highest BCUT2D eigenvalue weighted by atomic mass is 32.2. The number of piperazine rings is 1. The first-order chi connectivity index (χ1) is 18.1. The van der Waals surface area contributed by atoms with E-state index in [0.29, 0.717) is 31.0 Å². The predicted octanol–water partition coefficient (Wildman–Crippen LogP) is 2.67. The summed E-state index contributed by atoms with van der Waals surface area (Å²) >= 11 is 0. The summed E-state index contributed by atoms with van der Waals surface area (Å²) in [6, 6.07) is 5.51. The van der Waals surface area contributed by atoms with Gasteiger partial charge in [0.2, 0.25) is 5.82 Å². The van der Waals surface area contributed by atoms with Crippen LogP contribution in [0.2, 0.25) is 0 Å². The van der Waals surface area contributed by atoms with Gasteiger partial charge in [-0.2, -0.15) is 17.1 Å². The Morgan fingerprint density at radius 1 is 1.11 bits per heavy atom. The number of rotatable bonds is 10. The van der Waals surface area contributed by atoms with Crippen molar-refractivity contribution in [3.8, 4) is 11.5 Å². The molecule has 2 fully saturated rings. The topological polar surface area (TPSA) is 110 Å². The normalized spacial score (nSPS) is 21.4. The third-order valence-corrected chi connectivity index (χ3v) is 8.22. The van der Waals surface area contributed by atoms with E-state index in [1.807, 2.05) is 16.7 Å². The van der Waals surface area contributed by atoms with E-state index in [0.717, 1.165) is 29.3 Å². The Morgan fingerprint density at radius 2 is 1.82 bits per heavy atom. The van der Waals surface area contributed by atoms with Crippen molar-refractivity contribution < 1.29 is 36.2 Å². The highest BCUT2D eigenvalue weighted by Crippen LogP contribution is 2.31. The van der Waals surface area contributed by atoms with Crippen LogP contribution in [0.15, 0.2) is 30.5 Å². The van der Waals surface area contributed by atoms with Crippen molar-refractivity contribution in [2.24, 2.45) is 0 Å². The van der Waals surface area contributed by atoms with Gasteiger partial charge in [-0.3, -0.25) is 9.78 Å². The number of hydrogen-bond acceptors (Lipinski definition) is 8. The Kier molecular flexibility index (Phi) is 8.81. The number of nitrogens with one attached hydrogen (secondary N) is 1. The fourth-order valence-electron chi connectivity index (χ4n) is 4.22. The molecule has 208 valence electrons. The third-order valence-electron chi connectivity index (χ3n) is 6.73. The van der Waals surface area contributed by atoms with Crippen LogP contribution < -0.4 is 14.2 Å². The number of amides is 1. The molecule has 1 atom stereocenters. The van der Waals surface area contributed by atoms with E-state index in [1.165, 1.54) is 0 Å². The van der Waals surface area contributed by atoms with E-state index in [2.05, 4.69) is 4.98 Å². The van der Waals surface area contributed by atoms with Crippen molar-refractivity contribution in [3.63, 3.8) is 0 Å². The van der Waals surface area contributed by atoms with Crippen molar-refractivity contribution in [1.82, 2.24) is 18.9 Å². The van der Waals surface area contributed by atoms with Gasteiger partial charge in [0.15, 0.2) is 11.6 Å². The molecule has 0 bridgehead atoms. The number of likely N-dealkylation sites (N-methyl/N-ethyl adjacent to an activating group) is 1. The first-order valence-electron chi connectivity index (χ1n) is 12.4. The Balaban J connectivity index is 1.40. The minimum atomic E-state index is -4.20. The summed E-state index contributed by atoms with van der Waals surface area (Å²) in [4.78, 5) is 18.8. The van der Waals surface area contributed by atoms with Crippen LogP contribution in [0.25, 0.3) is 0 Å². The summed E-state index contributed by atoms with van der Waals surface area (Å²) in [7, 11) is -0.691. The van der Waals surface area contributed by atoms with Crippen LogP contribution >= 0.6 is 0 Å². The van der Waals surface area contributed by atoms with E-state index >= 15 is 0 Å². The SMILES string of the molecule is CC[C@@H](Oc1ccc(C(=O)NS(=O)(=O)N2CCN(C)CC2)c(F)c1F)c1ccc(OC2CC(OC)C2)cn1. The minimum Gasteiger partial charge on any atom is -0.489 e. The monoisotopic (exact) mass is 554 g/mol. The van der Waals surface area contributed by atoms with Gasteiger partial charge in [0.25, 0.3) is 5.91 Å². The highest BCUT2D eigenvalue weighted by molar-refractivity contribution is 7.87. The molecule has 1 aromatic heterocycles. The zero-order chi connectivity index (χ0) is 27.4. The second kappa shape index (κ2) is 11.9. The van der Waals surface area contributed by atoms with E-state index in [-0.39, 0.29) is 25.3 Å². The number of ether oxygens (including phenoxy) is 3. The molecule has 0 unspecified atom stereocenters. The zero-order valence-corrected chi connectivity index (χ0v) is 22.3. The number of methoxy groups -OCH3 is 1. The maximum atomic E-state index is 14.9. The molecule has 38 heavy (non-hydrogen) atoms. The number of halogens is 2. The first-order valence-corrected chi connectivity index (χ1v) is 13.9. The number of benzene rings is 1. The molecule has 2 aliphatic rings. The van der Waals surface area contributed by atoms with E-state index in [1.54, 1.807) is 32.4 Å². The maximum Gasteiger partial charge on any atom is 0.304 e. The molecule has 2 heterocycles. The van der Waals surface area contributed by atoms with Crippen LogP contribution in [-0.2, 0) is 14.9 Å². The lowest BCUT2D eigenvalue weighted by atomic mass is 9.92. The Labute approximate surface area is 221 Å². The van der Waals surface area contributed by atoms with E-state index in [4.69, 9.17) is 14.2 Å². The van der Waals surface area contributed by atoms with E-state index < -0.39 is 45.2 Å². The van der Waals surface area contributed by atoms with Crippen LogP contribution in [0.1, 0.15) is 48.3 Å². The van der Waals surface area contributed by atoms with Gasteiger partial charge in [-0.1, -0.05) is 6.92 Å². The lowest BCUT2D eigenvalue weighted by Crippen LogP contribution is -2.52. The molecule has 1 amide bonds. The smallest absolute Gasteiger partial charge is 0.304 e. The lowest BCUT2D eigenvalue weighted by molar-refractivity contribution is -0.0382. The summed E-state index contributed by atoms with van der Waals surface area (Å²) in [5, 5.41) is 0. The molecule has 0 radical (unpaired) electrons. The Bertz CT molecular complexity index is 1230. The number of nitrogens with zero attached hydrogens (tertiary/aromatic N) is 3. The van der Waals surface area contributed by atoms with Gasteiger partial charge in [0, 0.05) is 46.1 Å². The number of aromatic nitrogens is 1. The van der Waals surface area contributed by atoms with Crippen LogP contribution in [0.3, 0.4) is 0 Å². The fraction of sp³-hybridized carbons (Fsp3) is 0.520. The summed E-state index contributed by atoms with van der Waals surface area (Å²) in [5.41, 5.74) is -0.255. The lowest BCUT2D eigenvalue weighted by Gasteiger charge is -2.34. The summed E-state index contributed by atoms with van der Waals surface area (Å²) < 4.78 is 74.4. The van der Waals surface area contributed by atoms with Gasteiger partial charge in [-0.15, -0.1) is 0 Å². The Hall–Kier alpha value is -2.87. The molecule has 2 aromatic rings. The molecular formula is C25H32F2N4O6S. The van der Waals surface area contributed by atoms with Gasteiger partial charge < -0.3 is 19.1 Å². The molecule has 10 nitrogen and oxygen atoms in total. The van der Waals surface area contributed by atoms with Crippen LogP contribution in [0, 0.1) is 11.6 Å². The third kappa shape index (κ3) is 6.40. The summed E-state index contributed by atoms with van der Waals surface area (Å²) in [6.45, 7) is 3.13. The zero-order valence-electron chi connectivity index (χ0n) is 21.5. The number of carbonyl (C=O) groups excluding carboxylic acids is 1. The average molecular weight is 555 g/mol. The molecule has 0 spiro atoms. The van der Waals surface area contributed by atoms with Crippen LogP contribution in [0.5, 0.6) is 11.5 Å². The van der Waals surface area contributed by atoms with Crippen molar-refractivity contribution in [2.45, 2.75) is 44.5 Å². The minimum absolute atomic E-state index is 0.0650. The van der Waals surface area contributed by atoms with Gasteiger partial charge >= 0.3 is 10.2 Å². The molecule has 4 rings (SSSR count). The van der Waals surface area contributed by atoms with Crippen molar-refractivity contribution >= 4 is 16.1 Å². The van der Waals surface area contributed by atoms with Crippen molar-refractivity contribution in [2.75, 3.05) is 40.3 Å². The van der Waals surface area contributed by atoms with E-state index in [9.17, 15) is 22.0 Å². The highest BCUT2D eigenvalue weighted by Gasteiger charge is 2.31. The summed E-state index contributed by atoms with van der Waals surface area (Å²) in [6.07, 6.45) is 3.13. The first kappa shape index (κ1) is 28.1.